The minimum Gasteiger partial charge on any atom is -0.368 e. The lowest BCUT2D eigenvalue weighted by molar-refractivity contribution is -0.117. The summed E-state index contributed by atoms with van der Waals surface area (Å²) in [6.07, 6.45) is 0. The number of nitrogens with two attached hydrogens (primary N) is 2. The number of amides is 1. The van der Waals surface area contributed by atoms with Gasteiger partial charge in [0.15, 0.2) is 0 Å². The number of hydrogen-bond acceptors (Lipinski definition) is 5. The van der Waals surface area contributed by atoms with Gasteiger partial charge in [-0.2, -0.15) is 0 Å². The van der Waals surface area contributed by atoms with E-state index in [-0.39, 0.29) is 11.9 Å². The predicted octanol–water partition coefficient (Wildman–Crippen LogP) is 2.82. The first-order valence-corrected chi connectivity index (χ1v) is 7.71. The van der Waals surface area contributed by atoms with Crippen molar-refractivity contribution in [1.29, 1.82) is 0 Å². The summed E-state index contributed by atoms with van der Waals surface area (Å²) in [4.78, 5) is 20.3. The molecule has 0 aliphatic heterocycles. The van der Waals surface area contributed by atoms with Crippen LogP contribution >= 0.6 is 11.6 Å². The van der Waals surface area contributed by atoms with Crippen molar-refractivity contribution in [1.82, 2.24) is 9.97 Å². The van der Waals surface area contributed by atoms with Crippen LogP contribution in [-0.2, 0) is 4.79 Å². The highest BCUT2D eigenvalue weighted by Crippen LogP contribution is 2.30. The number of anilines is 2. The minimum atomic E-state index is -0.594. The third-order valence-corrected chi connectivity index (χ3v) is 3.73. The molecule has 0 unspecified atom stereocenters. The molecule has 0 spiro atoms. The summed E-state index contributed by atoms with van der Waals surface area (Å²) in [5, 5.41) is 4.13. The van der Waals surface area contributed by atoms with Gasteiger partial charge in [0.2, 0.25) is 11.9 Å². The molecule has 0 aliphatic carbocycles. The molecule has 5 N–H and O–H groups in total. The zero-order valence-corrected chi connectivity index (χ0v) is 13.7. The lowest BCUT2D eigenvalue weighted by atomic mass is 10.1. The molecule has 24 heavy (non-hydrogen) atoms. The van der Waals surface area contributed by atoms with Crippen molar-refractivity contribution in [2.75, 3.05) is 11.1 Å². The standard InChI is InChI=1S/C17H16ClN5O/c1-9(19)16(24)21-12-4-2-3-10(7-12)15-13-8-11(18)5-6-14(13)22-17(20)23-15/h2-9H,19H2,1H3,(H,21,24)(H2,20,22,23)/t9-/m0/s1. The molecule has 0 bridgehead atoms. The van der Waals surface area contributed by atoms with E-state index >= 15 is 0 Å². The maximum Gasteiger partial charge on any atom is 0.240 e. The normalized spacial score (nSPS) is 12.1. The van der Waals surface area contributed by atoms with Crippen LogP contribution < -0.4 is 16.8 Å². The van der Waals surface area contributed by atoms with E-state index in [4.69, 9.17) is 23.1 Å². The Morgan fingerprint density at radius 2 is 2.00 bits per heavy atom. The van der Waals surface area contributed by atoms with E-state index in [1.165, 1.54) is 0 Å². The number of nitrogens with one attached hydrogen (secondary N) is 1. The van der Waals surface area contributed by atoms with E-state index in [0.717, 1.165) is 10.9 Å². The van der Waals surface area contributed by atoms with Gasteiger partial charge in [-0.05, 0) is 37.3 Å². The van der Waals surface area contributed by atoms with Gasteiger partial charge < -0.3 is 16.8 Å². The number of halogens is 1. The topological polar surface area (TPSA) is 107 Å². The van der Waals surface area contributed by atoms with E-state index in [1.54, 1.807) is 31.2 Å². The molecule has 0 fully saturated rings. The van der Waals surface area contributed by atoms with Crippen LogP contribution in [0, 0.1) is 0 Å². The molecule has 7 heteroatoms. The summed E-state index contributed by atoms with van der Waals surface area (Å²) in [5.41, 5.74) is 14.2. The number of carbonyl (C=O) groups excluding carboxylic acids is 1. The van der Waals surface area contributed by atoms with E-state index < -0.39 is 6.04 Å². The highest BCUT2D eigenvalue weighted by molar-refractivity contribution is 6.31. The molecule has 1 aromatic heterocycles. The Morgan fingerprint density at radius 1 is 1.21 bits per heavy atom. The highest BCUT2D eigenvalue weighted by Gasteiger charge is 2.12. The molecule has 6 nitrogen and oxygen atoms in total. The van der Waals surface area contributed by atoms with Gasteiger partial charge in [0.05, 0.1) is 17.3 Å². The fourth-order valence-corrected chi connectivity index (χ4v) is 2.51. The Morgan fingerprint density at radius 3 is 2.75 bits per heavy atom. The van der Waals surface area contributed by atoms with Gasteiger partial charge in [-0.3, -0.25) is 4.79 Å². The van der Waals surface area contributed by atoms with Gasteiger partial charge in [0.25, 0.3) is 0 Å². The molecule has 122 valence electrons. The van der Waals surface area contributed by atoms with Crippen molar-refractivity contribution in [3.63, 3.8) is 0 Å². The summed E-state index contributed by atoms with van der Waals surface area (Å²) in [5.74, 6) is -0.0907. The quantitative estimate of drug-likeness (QED) is 0.679. The Labute approximate surface area is 143 Å². The molecule has 0 aliphatic rings. The Balaban J connectivity index is 2.10. The molecule has 0 saturated carbocycles. The average molecular weight is 342 g/mol. The van der Waals surface area contributed by atoms with Crippen LogP contribution in [0.2, 0.25) is 5.02 Å². The fraction of sp³-hybridized carbons (Fsp3) is 0.118. The first-order valence-electron chi connectivity index (χ1n) is 7.33. The van der Waals surface area contributed by atoms with Crippen molar-refractivity contribution < 1.29 is 4.79 Å². The second-order valence-corrected chi connectivity index (χ2v) is 5.89. The fourth-order valence-electron chi connectivity index (χ4n) is 2.34. The lowest BCUT2D eigenvalue weighted by Crippen LogP contribution is -2.32. The van der Waals surface area contributed by atoms with Gasteiger partial charge >= 0.3 is 0 Å². The number of hydrogen-bond donors (Lipinski definition) is 3. The third-order valence-electron chi connectivity index (χ3n) is 3.49. The van der Waals surface area contributed by atoms with Crippen molar-refractivity contribution in [2.45, 2.75) is 13.0 Å². The smallest absolute Gasteiger partial charge is 0.240 e. The number of carbonyl (C=O) groups is 1. The molecular formula is C17H16ClN5O. The van der Waals surface area contributed by atoms with E-state index in [9.17, 15) is 4.79 Å². The van der Waals surface area contributed by atoms with Crippen molar-refractivity contribution in [3.8, 4) is 11.3 Å². The number of benzene rings is 2. The maximum absolute atomic E-state index is 11.8. The van der Waals surface area contributed by atoms with Crippen LogP contribution in [0.3, 0.4) is 0 Å². The van der Waals surface area contributed by atoms with Gasteiger partial charge in [0.1, 0.15) is 0 Å². The van der Waals surface area contributed by atoms with Crippen LogP contribution in [0.1, 0.15) is 6.92 Å². The van der Waals surface area contributed by atoms with E-state index in [2.05, 4.69) is 15.3 Å². The van der Waals surface area contributed by atoms with Gasteiger partial charge in [-0.15, -0.1) is 0 Å². The monoisotopic (exact) mass is 341 g/mol. The number of aromatic nitrogens is 2. The second-order valence-electron chi connectivity index (χ2n) is 5.45. The van der Waals surface area contributed by atoms with Crippen LogP contribution in [0.15, 0.2) is 42.5 Å². The van der Waals surface area contributed by atoms with Crippen LogP contribution in [0.5, 0.6) is 0 Å². The van der Waals surface area contributed by atoms with Gasteiger partial charge in [-0.1, -0.05) is 23.7 Å². The van der Waals surface area contributed by atoms with Gasteiger partial charge in [-0.25, -0.2) is 9.97 Å². The van der Waals surface area contributed by atoms with Crippen molar-refractivity contribution in [3.05, 3.63) is 47.5 Å². The van der Waals surface area contributed by atoms with Crippen LogP contribution in [0.25, 0.3) is 22.2 Å². The Hall–Kier alpha value is -2.70. The SMILES string of the molecule is C[C@H](N)C(=O)Nc1cccc(-c2nc(N)nc3ccc(Cl)cc23)c1. The molecular weight excluding hydrogens is 326 g/mol. The molecule has 0 radical (unpaired) electrons. The molecule has 3 rings (SSSR count). The molecule has 1 atom stereocenters. The predicted molar refractivity (Wildman–Crippen MR) is 96.7 cm³/mol. The summed E-state index contributed by atoms with van der Waals surface area (Å²) in [7, 11) is 0. The first kappa shape index (κ1) is 16.2. The Bertz CT molecular complexity index is 926. The minimum absolute atomic E-state index is 0.171. The lowest BCUT2D eigenvalue weighted by Gasteiger charge is -2.11. The molecule has 1 amide bonds. The Kier molecular flexibility index (Phi) is 4.33. The summed E-state index contributed by atoms with van der Waals surface area (Å²) in [6.45, 7) is 1.62. The summed E-state index contributed by atoms with van der Waals surface area (Å²) >= 11 is 6.10. The summed E-state index contributed by atoms with van der Waals surface area (Å²) < 4.78 is 0. The maximum atomic E-state index is 11.8. The number of fused-ring (bicyclic) bond motifs is 1. The largest absolute Gasteiger partial charge is 0.368 e. The molecule has 1 heterocycles. The van der Waals surface area contributed by atoms with Crippen LogP contribution in [0.4, 0.5) is 11.6 Å². The number of nitrogens with zero attached hydrogens (tertiary/aromatic N) is 2. The van der Waals surface area contributed by atoms with E-state index in [0.29, 0.717) is 21.9 Å². The van der Waals surface area contributed by atoms with Crippen molar-refractivity contribution in [2.24, 2.45) is 5.73 Å². The molecule has 0 saturated heterocycles. The zero-order chi connectivity index (χ0) is 17.3. The first-order chi connectivity index (χ1) is 11.4. The summed E-state index contributed by atoms with van der Waals surface area (Å²) in [6, 6.07) is 12.0. The average Bonchev–Trinajstić information content (AvgIpc) is 2.54. The van der Waals surface area contributed by atoms with E-state index in [1.807, 2.05) is 18.2 Å². The third kappa shape index (κ3) is 3.29. The zero-order valence-electron chi connectivity index (χ0n) is 13.0. The molecule has 3 aromatic rings. The second kappa shape index (κ2) is 6.43. The van der Waals surface area contributed by atoms with Crippen molar-refractivity contribution >= 4 is 40.0 Å². The number of rotatable bonds is 3. The van der Waals surface area contributed by atoms with Gasteiger partial charge in [0, 0.05) is 21.7 Å². The van der Waals surface area contributed by atoms with Crippen LogP contribution in [-0.4, -0.2) is 21.9 Å². The molecule has 2 aromatic carbocycles. The number of nitrogen functional groups attached to an aromatic ring is 1. The highest BCUT2D eigenvalue weighted by atomic mass is 35.5.